The molecule has 0 aliphatic heterocycles. The van der Waals surface area contributed by atoms with E-state index in [9.17, 15) is 8.42 Å². The van der Waals surface area contributed by atoms with E-state index >= 15 is 0 Å². The fourth-order valence-electron chi connectivity index (χ4n) is 1.59. The van der Waals surface area contributed by atoms with Crippen molar-refractivity contribution in [2.75, 3.05) is 12.4 Å². The molecule has 0 spiro atoms. The van der Waals surface area contributed by atoms with E-state index in [-0.39, 0.29) is 12.4 Å². The number of hydrogen-bond donors (Lipinski definition) is 0. The van der Waals surface area contributed by atoms with Crippen LogP contribution in [0.4, 0.5) is 0 Å². The van der Waals surface area contributed by atoms with Gasteiger partial charge in [0, 0.05) is 21.8 Å². The van der Waals surface area contributed by atoms with Crippen LogP contribution in [0.2, 0.25) is 0 Å². The second kappa shape index (κ2) is 5.12. The summed E-state index contributed by atoms with van der Waals surface area (Å²) in [5, 5.41) is 0.951. The molecule has 0 N–H and O–H groups in total. The van der Waals surface area contributed by atoms with E-state index in [2.05, 4.69) is 4.98 Å². The minimum Gasteiger partial charge on any atom is -0.490 e. The molecule has 2 rings (SSSR count). The summed E-state index contributed by atoms with van der Waals surface area (Å²) in [7, 11) is 1.59. The maximum absolute atomic E-state index is 10.8. The topological polar surface area (TPSA) is 56.3 Å². The van der Waals surface area contributed by atoms with Gasteiger partial charge >= 0.3 is 0 Å². The Morgan fingerprint density at radius 3 is 2.78 bits per heavy atom. The largest absolute Gasteiger partial charge is 0.490 e. The van der Waals surface area contributed by atoms with Crippen molar-refractivity contribution in [1.82, 2.24) is 4.98 Å². The van der Waals surface area contributed by atoms with Gasteiger partial charge < -0.3 is 4.74 Å². The van der Waals surface area contributed by atoms with Crippen molar-refractivity contribution in [3.8, 4) is 5.75 Å². The van der Waals surface area contributed by atoms with Crippen molar-refractivity contribution >= 4 is 30.6 Å². The van der Waals surface area contributed by atoms with Gasteiger partial charge in [-0.3, -0.25) is 0 Å². The Morgan fingerprint density at radius 2 is 2.06 bits per heavy atom. The smallest absolute Gasteiger partial charge is 0.235 e. The lowest BCUT2D eigenvalue weighted by atomic mass is 10.2. The number of fused-ring (bicyclic) bond motifs is 1. The molecule has 1 aromatic carbocycles. The Bertz CT molecular complexity index is 670. The normalized spacial score (nSPS) is 11.7. The van der Waals surface area contributed by atoms with Gasteiger partial charge in [-0.25, -0.2) is 13.4 Å². The summed E-state index contributed by atoms with van der Waals surface area (Å²) < 4.78 is 27.0. The van der Waals surface area contributed by atoms with E-state index in [1.807, 2.05) is 31.2 Å². The fourth-order valence-corrected chi connectivity index (χ4v) is 2.06. The maximum Gasteiger partial charge on any atom is 0.235 e. The molecule has 0 bridgehead atoms. The molecule has 1 heterocycles. The molecule has 0 aliphatic carbocycles. The molecule has 6 heteroatoms. The average molecular weight is 286 g/mol. The van der Waals surface area contributed by atoms with Crippen molar-refractivity contribution < 1.29 is 13.2 Å². The van der Waals surface area contributed by atoms with E-state index in [0.717, 1.165) is 16.6 Å². The first-order valence-corrected chi connectivity index (χ1v) is 7.85. The summed E-state index contributed by atoms with van der Waals surface area (Å²) in [4.78, 5) is 4.38. The van der Waals surface area contributed by atoms with Gasteiger partial charge in [-0.2, -0.15) is 0 Å². The minimum absolute atomic E-state index is 0.0145. The maximum atomic E-state index is 10.8. The number of ether oxygens (including phenoxy) is 1. The monoisotopic (exact) mass is 285 g/mol. The van der Waals surface area contributed by atoms with Crippen LogP contribution in [0.3, 0.4) is 0 Å². The van der Waals surface area contributed by atoms with Crippen molar-refractivity contribution in [2.24, 2.45) is 0 Å². The Balaban J connectivity index is 2.25. The van der Waals surface area contributed by atoms with Gasteiger partial charge in [0.25, 0.3) is 0 Å². The number of aromatic nitrogens is 1. The van der Waals surface area contributed by atoms with Crippen LogP contribution in [0.25, 0.3) is 10.9 Å². The highest BCUT2D eigenvalue weighted by Crippen LogP contribution is 2.23. The summed E-state index contributed by atoms with van der Waals surface area (Å²) in [6.45, 7) is 1.90. The van der Waals surface area contributed by atoms with Crippen molar-refractivity contribution in [1.29, 1.82) is 0 Å². The van der Waals surface area contributed by atoms with Crippen LogP contribution in [0.1, 0.15) is 5.69 Å². The van der Waals surface area contributed by atoms with E-state index in [1.54, 1.807) is 6.07 Å². The Hall–Kier alpha value is -1.33. The first-order chi connectivity index (χ1) is 8.46. The van der Waals surface area contributed by atoms with Crippen LogP contribution in [-0.4, -0.2) is 25.8 Å². The second-order valence-corrected chi connectivity index (χ2v) is 6.77. The summed E-state index contributed by atoms with van der Waals surface area (Å²) in [6, 6.07) is 9.38. The van der Waals surface area contributed by atoms with Crippen LogP contribution in [0.15, 0.2) is 30.3 Å². The quantitative estimate of drug-likeness (QED) is 0.810. The molecule has 0 atom stereocenters. The molecule has 2 aromatic rings. The third-order valence-corrected chi connectivity index (χ3v) is 3.52. The van der Waals surface area contributed by atoms with Gasteiger partial charge in [-0.05, 0) is 19.1 Å². The molecule has 1 aromatic heterocycles. The minimum atomic E-state index is -3.53. The van der Waals surface area contributed by atoms with Crippen LogP contribution >= 0.6 is 10.7 Å². The lowest BCUT2D eigenvalue weighted by Gasteiger charge is -2.08. The van der Waals surface area contributed by atoms with Gasteiger partial charge in [0.1, 0.15) is 17.9 Å². The fraction of sp³-hybridized carbons (Fsp3) is 0.250. The van der Waals surface area contributed by atoms with Crippen LogP contribution in [-0.2, 0) is 9.05 Å². The molecular formula is C12H12ClNO3S. The van der Waals surface area contributed by atoms with Crippen LogP contribution in [0.5, 0.6) is 5.75 Å². The van der Waals surface area contributed by atoms with Gasteiger partial charge in [0.05, 0.1) is 5.75 Å². The van der Waals surface area contributed by atoms with Gasteiger partial charge in [0.2, 0.25) is 9.05 Å². The van der Waals surface area contributed by atoms with Crippen molar-refractivity contribution in [3.63, 3.8) is 0 Å². The van der Waals surface area contributed by atoms with Crippen LogP contribution < -0.4 is 4.74 Å². The molecule has 0 saturated carbocycles. The zero-order valence-electron chi connectivity index (χ0n) is 9.76. The molecule has 0 unspecified atom stereocenters. The Kier molecular flexibility index (Phi) is 3.73. The number of benzene rings is 1. The molecule has 0 saturated heterocycles. The molecule has 0 radical (unpaired) electrons. The molecule has 18 heavy (non-hydrogen) atoms. The second-order valence-electron chi connectivity index (χ2n) is 3.87. The number of rotatable bonds is 4. The highest BCUT2D eigenvalue weighted by molar-refractivity contribution is 8.13. The predicted octanol–water partition coefficient (Wildman–Crippen LogP) is 2.49. The van der Waals surface area contributed by atoms with E-state index in [4.69, 9.17) is 15.4 Å². The lowest BCUT2D eigenvalue weighted by molar-refractivity contribution is 0.345. The summed E-state index contributed by atoms with van der Waals surface area (Å²) in [5.74, 6) is 0.341. The molecule has 0 amide bonds. The van der Waals surface area contributed by atoms with E-state index in [0.29, 0.717) is 5.75 Å². The zero-order valence-corrected chi connectivity index (χ0v) is 11.3. The summed E-state index contributed by atoms with van der Waals surface area (Å²) in [6.07, 6.45) is 0. The summed E-state index contributed by atoms with van der Waals surface area (Å²) in [5.41, 5.74) is 1.60. The van der Waals surface area contributed by atoms with Gasteiger partial charge in [-0.1, -0.05) is 18.2 Å². The zero-order chi connectivity index (χ0) is 13.2. The number of aryl methyl sites for hydroxylation is 1. The average Bonchev–Trinajstić information content (AvgIpc) is 2.28. The molecule has 0 aliphatic rings. The molecular weight excluding hydrogens is 274 g/mol. The van der Waals surface area contributed by atoms with Gasteiger partial charge in [0.15, 0.2) is 0 Å². The third kappa shape index (κ3) is 3.34. The lowest BCUT2D eigenvalue weighted by Crippen LogP contribution is -2.09. The molecule has 4 nitrogen and oxygen atoms in total. The first kappa shape index (κ1) is 13.1. The standard InChI is InChI=1S/C12H12ClNO3S/c1-9-5-6-10-3-2-4-11(12(10)14-9)17-7-8-18(13,15)16/h2-6H,7-8H2,1H3. The summed E-state index contributed by atoms with van der Waals surface area (Å²) >= 11 is 0. The number of hydrogen-bond acceptors (Lipinski definition) is 4. The van der Waals surface area contributed by atoms with E-state index in [1.165, 1.54) is 0 Å². The highest BCUT2D eigenvalue weighted by atomic mass is 35.7. The number of para-hydroxylation sites is 1. The van der Waals surface area contributed by atoms with Gasteiger partial charge in [-0.15, -0.1) is 0 Å². The Labute approximate surface area is 110 Å². The highest BCUT2D eigenvalue weighted by Gasteiger charge is 2.08. The first-order valence-electron chi connectivity index (χ1n) is 5.37. The van der Waals surface area contributed by atoms with E-state index < -0.39 is 9.05 Å². The third-order valence-electron chi connectivity index (χ3n) is 2.41. The Morgan fingerprint density at radius 1 is 1.28 bits per heavy atom. The van der Waals surface area contributed by atoms with Crippen LogP contribution in [0, 0.1) is 6.92 Å². The van der Waals surface area contributed by atoms with Crippen molar-refractivity contribution in [2.45, 2.75) is 6.92 Å². The number of halogens is 1. The van der Waals surface area contributed by atoms with Crippen molar-refractivity contribution in [3.05, 3.63) is 36.0 Å². The predicted molar refractivity (Wildman–Crippen MR) is 71.6 cm³/mol. The number of nitrogens with zero attached hydrogens (tertiary/aromatic N) is 1. The molecule has 0 fully saturated rings. The number of pyridine rings is 1. The molecule has 96 valence electrons. The SMILES string of the molecule is Cc1ccc2cccc(OCCS(=O)(=O)Cl)c2n1.